The number of ether oxygens (including phenoxy) is 1. The molecule has 0 radical (unpaired) electrons. The first-order valence-electron chi connectivity index (χ1n) is 6.26. The van der Waals surface area contributed by atoms with Crippen molar-refractivity contribution in [3.8, 4) is 11.6 Å². The van der Waals surface area contributed by atoms with Crippen LogP contribution in [0, 0.1) is 0 Å². The van der Waals surface area contributed by atoms with Crippen molar-refractivity contribution in [1.82, 2.24) is 10.3 Å². The Morgan fingerprint density at radius 1 is 1.30 bits per heavy atom. The molecule has 0 spiro atoms. The molecule has 0 aliphatic carbocycles. The second-order valence-electron chi connectivity index (χ2n) is 4.23. The summed E-state index contributed by atoms with van der Waals surface area (Å²) in [5.41, 5.74) is 1.46. The standard InChI is InChI=1S/C15H16N2O3/c1-20-15-13(3-2-9-17-15)14(19)16-10-8-11-4-6-12(18)7-5-11/h2-7,9,18H,8,10H2,1H3,(H,16,19). The molecule has 1 aromatic heterocycles. The summed E-state index contributed by atoms with van der Waals surface area (Å²) < 4.78 is 5.04. The van der Waals surface area contributed by atoms with Gasteiger partial charge < -0.3 is 15.2 Å². The van der Waals surface area contributed by atoms with Gasteiger partial charge in [-0.3, -0.25) is 4.79 Å². The minimum atomic E-state index is -0.214. The van der Waals surface area contributed by atoms with Crippen LogP contribution in [0.15, 0.2) is 42.6 Å². The van der Waals surface area contributed by atoms with Crippen molar-refractivity contribution in [1.29, 1.82) is 0 Å². The van der Waals surface area contributed by atoms with Crippen molar-refractivity contribution in [2.24, 2.45) is 0 Å². The van der Waals surface area contributed by atoms with E-state index in [0.29, 0.717) is 24.4 Å². The molecule has 5 heteroatoms. The maximum atomic E-state index is 12.0. The second kappa shape index (κ2) is 6.56. The molecule has 2 N–H and O–H groups in total. The van der Waals surface area contributed by atoms with Gasteiger partial charge in [0.15, 0.2) is 0 Å². The summed E-state index contributed by atoms with van der Waals surface area (Å²) in [7, 11) is 1.48. The van der Waals surface area contributed by atoms with Crippen LogP contribution in [0.5, 0.6) is 11.6 Å². The number of nitrogens with zero attached hydrogens (tertiary/aromatic N) is 1. The Kier molecular flexibility index (Phi) is 4.55. The molecular weight excluding hydrogens is 256 g/mol. The number of aromatic hydroxyl groups is 1. The van der Waals surface area contributed by atoms with E-state index in [-0.39, 0.29) is 11.7 Å². The van der Waals surface area contributed by atoms with Gasteiger partial charge in [0.1, 0.15) is 11.3 Å². The van der Waals surface area contributed by atoms with Crippen LogP contribution in [-0.4, -0.2) is 29.7 Å². The van der Waals surface area contributed by atoms with Crippen LogP contribution in [0.25, 0.3) is 0 Å². The lowest BCUT2D eigenvalue weighted by molar-refractivity contribution is 0.0950. The maximum Gasteiger partial charge on any atom is 0.256 e. The molecule has 0 aliphatic rings. The lowest BCUT2D eigenvalue weighted by Gasteiger charge is -2.08. The van der Waals surface area contributed by atoms with E-state index in [1.807, 2.05) is 12.1 Å². The molecule has 1 aromatic carbocycles. The number of phenolic OH excluding ortho intramolecular Hbond substituents is 1. The van der Waals surface area contributed by atoms with Gasteiger partial charge in [-0.25, -0.2) is 4.98 Å². The fourth-order valence-electron chi connectivity index (χ4n) is 1.80. The molecule has 0 unspecified atom stereocenters. The molecule has 2 aromatic rings. The number of carbonyl (C=O) groups excluding carboxylic acids is 1. The third kappa shape index (κ3) is 3.47. The summed E-state index contributed by atoms with van der Waals surface area (Å²) in [6, 6.07) is 10.3. The molecule has 0 fully saturated rings. The predicted octanol–water partition coefficient (Wildman–Crippen LogP) is 1.77. The van der Waals surface area contributed by atoms with Crippen LogP contribution in [0.2, 0.25) is 0 Å². The first kappa shape index (κ1) is 13.9. The second-order valence-corrected chi connectivity index (χ2v) is 4.23. The fraction of sp³-hybridized carbons (Fsp3) is 0.200. The number of pyridine rings is 1. The summed E-state index contributed by atoms with van der Waals surface area (Å²) >= 11 is 0. The van der Waals surface area contributed by atoms with Gasteiger partial charge in [-0.05, 0) is 36.2 Å². The normalized spacial score (nSPS) is 10.1. The largest absolute Gasteiger partial charge is 0.508 e. The summed E-state index contributed by atoms with van der Waals surface area (Å²) in [5.74, 6) is 0.334. The smallest absolute Gasteiger partial charge is 0.256 e. The van der Waals surface area contributed by atoms with Crippen LogP contribution >= 0.6 is 0 Å². The van der Waals surface area contributed by atoms with Crippen LogP contribution in [0.3, 0.4) is 0 Å². The molecule has 0 aliphatic heterocycles. The highest BCUT2D eigenvalue weighted by atomic mass is 16.5. The van der Waals surface area contributed by atoms with Crippen molar-refractivity contribution >= 4 is 5.91 Å². The fourth-order valence-corrected chi connectivity index (χ4v) is 1.80. The van der Waals surface area contributed by atoms with E-state index in [2.05, 4.69) is 10.3 Å². The number of phenols is 1. The van der Waals surface area contributed by atoms with Crippen LogP contribution < -0.4 is 10.1 Å². The quantitative estimate of drug-likeness (QED) is 0.870. The zero-order chi connectivity index (χ0) is 14.4. The van der Waals surface area contributed by atoms with Crippen molar-refractivity contribution in [2.45, 2.75) is 6.42 Å². The van der Waals surface area contributed by atoms with E-state index in [0.717, 1.165) is 5.56 Å². The molecule has 0 saturated heterocycles. The Morgan fingerprint density at radius 2 is 2.05 bits per heavy atom. The molecule has 5 nitrogen and oxygen atoms in total. The number of carbonyl (C=O) groups is 1. The van der Waals surface area contributed by atoms with E-state index in [9.17, 15) is 9.90 Å². The van der Waals surface area contributed by atoms with Gasteiger partial charge >= 0.3 is 0 Å². The van der Waals surface area contributed by atoms with Crippen molar-refractivity contribution in [3.63, 3.8) is 0 Å². The minimum absolute atomic E-state index is 0.214. The average Bonchev–Trinajstić information content (AvgIpc) is 2.49. The van der Waals surface area contributed by atoms with E-state index >= 15 is 0 Å². The Morgan fingerprint density at radius 3 is 2.75 bits per heavy atom. The molecule has 0 bridgehead atoms. The molecule has 2 rings (SSSR count). The predicted molar refractivity (Wildman–Crippen MR) is 74.9 cm³/mol. The summed E-state index contributed by atoms with van der Waals surface area (Å²) in [4.78, 5) is 16.0. The number of hydrogen-bond donors (Lipinski definition) is 2. The number of methoxy groups -OCH3 is 1. The van der Waals surface area contributed by atoms with Gasteiger partial charge in [0.2, 0.25) is 5.88 Å². The molecule has 1 heterocycles. The Bertz CT molecular complexity index is 582. The molecule has 20 heavy (non-hydrogen) atoms. The van der Waals surface area contributed by atoms with E-state index in [1.165, 1.54) is 7.11 Å². The van der Waals surface area contributed by atoms with Gasteiger partial charge in [0.05, 0.1) is 7.11 Å². The van der Waals surface area contributed by atoms with E-state index < -0.39 is 0 Å². The monoisotopic (exact) mass is 272 g/mol. The SMILES string of the molecule is COc1ncccc1C(=O)NCCc1ccc(O)cc1. The van der Waals surface area contributed by atoms with Crippen LogP contribution in [-0.2, 0) is 6.42 Å². The third-order valence-corrected chi connectivity index (χ3v) is 2.84. The molecule has 104 valence electrons. The third-order valence-electron chi connectivity index (χ3n) is 2.84. The number of hydrogen-bond acceptors (Lipinski definition) is 4. The number of benzene rings is 1. The highest BCUT2D eigenvalue weighted by Gasteiger charge is 2.11. The first-order valence-corrected chi connectivity index (χ1v) is 6.26. The number of nitrogens with one attached hydrogen (secondary N) is 1. The average molecular weight is 272 g/mol. The summed E-state index contributed by atoms with van der Waals surface area (Å²) in [6.07, 6.45) is 2.26. The van der Waals surface area contributed by atoms with Crippen LogP contribution in [0.4, 0.5) is 0 Å². The Hall–Kier alpha value is -2.56. The minimum Gasteiger partial charge on any atom is -0.508 e. The molecule has 0 atom stereocenters. The summed E-state index contributed by atoms with van der Waals surface area (Å²) in [5, 5.41) is 12.0. The Labute approximate surface area is 117 Å². The van der Waals surface area contributed by atoms with E-state index in [1.54, 1.807) is 30.5 Å². The lowest BCUT2D eigenvalue weighted by atomic mass is 10.1. The molecule has 0 saturated carbocycles. The van der Waals surface area contributed by atoms with Crippen molar-refractivity contribution < 1.29 is 14.6 Å². The van der Waals surface area contributed by atoms with Gasteiger partial charge in [-0.2, -0.15) is 0 Å². The Balaban J connectivity index is 1.90. The maximum absolute atomic E-state index is 12.0. The highest BCUT2D eigenvalue weighted by Crippen LogP contribution is 2.13. The number of amides is 1. The first-order chi connectivity index (χ1) is 9.70. The topological polar surface area (TPSA) is 71.5 Å². The number of aromatic nitrogens is 1. The van der Waals surface area contributed by atoms with E-state index in [4.69, 9.17) is 4.74 Å². The number of rotatable bonds is 5. The lowest BCUT2D eigenvalue weighted by Crippen LogP contribution is -2.26. The highest BCUT2D eigenvalue weighted by molar-refractivity contribution is 5.96. The van der Waals surface area contributed by atoms with Crippen molar-refractivity contribution in [2.75, 3.05) is 13.7 Å². The van der Waals surface area contributed by atoms with Gasteiger partial charge in [-0.1, -0.05) is 12.1 Å². The molecular formula is C15H16N2O3. The summed E-state index contributed by atoms with van der Waals surface area (Å²) in [6.45, 7) is 0.502. The molecule has 1 amide bonds. The zero-order valence-corrected chi connectivity index (χ0v) is 11.2. The van der Waals surface area contributed by atoms with Gasteiger partial charge in [0, 0.05) is 12.7 Å². The van der Waals surface area contributed by atoms with Crippen molar-refractivity contribution in [3.05, 3.63) is 53.7 Å². The van der Waals surface area contributed by atoms with Gasteiger partial charge in [-0.15, -0.1) is 0 Å². The zero-order valence-electron chi connectivity index (χ0n) is 11.2. The van der Waals surface area contributed by atoms with Gasteiger partial charge in [0.25, 0.3) is 5.91 Å². The van der Waals surface area contributed by atoms with Crippen LogP contribution in [0.1, 0.15) is 15.9 Å².